The predicted molar refractivity (Wildman–Crippen MR) is 79.9 cm³/mol. The van der Waals surface area contributed by atoms with Gasteiger partial charge in [0.1, 0.15) is 6.10 Å². The highest BCUT2D eigenvalue weighted by Gasteiger charge is 2.21. The van der Waals surface area contributed by atoms with Crippen molar-refractivity contribution in [2.45, 2.75) is 51.2 Å². The van der Waals surface area contributed by atoms with E-state index in [1.165, 1.54) is 24.1 Å². The van der Waals surface area contributed by atoms with E-state index in [4.69, 9.17) is 15.5 Å². The first-order chi connectivity index (χ1) is 9.76. The van der Waals surface area contributed by atoms with Crippen molar-refractivity contribution in [3.05, 3.63) is 22.9 Å². The molecule has 0 saturated carbocycles. The van der Waals surface area contributed by atoms with Gasteiger partial charge in [-0.15, -0.1) is 0 Å². The summed E-state index contributed by atoms with van der Waals surface area (Å²) in [5.74, 6) is 0.794. The van der Waals surface area contributed by atoms with Gasteiger partial charge in [-0.25, -0.2) is 4.98 Å². The minimum atomic E-state index is 0.297. The summed E-state index contributed by atoms with van der Waals surface area (Å²) in [5, 5.41) is 0. The molecule has 1 aromatic rings. The number of aromatic nitrogens is 1. The van der Waals surface area contributed by atoms with Gasteiger partial charge in [0, 0.05) is 30.9 Å². The zero-order valence-corrected chi connectivity index (χ0v) is 12.4. The van der Waals surface area contributed by atoms with Gasteiger partial charge in [0.15, 0.2) is 0 Å². The molecule has 1 aromatic heterocycles. The summed E-state index contributed by atoms with van der Waals surface area (Å²) in [6.45, 7) is 2.73. The van der Waals surface area contributed by atoms with Gasteiger partial charge in [0.2, 0.25) is 5.88 Å². The molecular formula is C16H25N3O. The molecule has 0 amide bonds. The lowest BCUT2D eigenvalue weighted by molar-refractivity contribution is 0.108. The fourth-order valence-electron chi connectivity index (χ4n) is 3.17. The fraction of sp³-hybridized carbons (Fsp3) is 0.688. The highest BCUT2D eigenvalue weighted by molar-refractivity contribution is 5.36. The summed E-state index contributed by atoms with van der Waals surface area (Å²) in [6, 6.07) is 2.23. The maximum Gasteiger partial charge on any atom is 0.218 e. The van der Waals surface area contributed by atoms with E-state index >= 15 is 0 Å². The standard InChI is InChI=1S/C16H25N3O/c1-19-8-6-14(7-9-19)20-16-13(11-17)10-12-4-2-3-5-15(12)18-16/h10,14H,2-9,11,17H2,1H3. The third kappa shape index (κ3) is 2.96. The predicted octanol–water partition coefficient (Wildman–Crippen LogP) is 1.89. The molecule has 0 radical (unpaired) electrons. The van der Waals surface area contributed by atoms with Crippen LogP contribution in [0.4, 0.5) is 0 Å². The van der Waals surface area contributed by atoms with E-state index in [9.17, 15) is 0 Å². The van der Waals surface area contributed by atoms with E-state index in [0.29, 0.717) is 12.6 Å². The first-order valence-electron chi connectivity index (χ1n) is 7.83. The Kier molecular flexibility index (Phi) is 4.22. The molecule has 3 rings (SSSR count). The van der Waals surface area contributed by atoms with Gasteiger partial charge in [-0.05, 0) is 57.2 Å². The van der Waals surface area contributed by atoms with E-state index in [-0.39, 0.29) is 0 Å². The number of hydrogen-bond donors (Lipinski definition) is 1. The second-order valence-electron chi connectivity index (χ2n) is 6.09. The summed E-state index contributed by atoms with van der Waals surface area (Å²) in [7, 11) is 2.17. The minimum absolute atomic E-state index is 0.297. The summed E-state index contributed by atoms with van der Waals surface area (Å²) in [5.41, 5.74) is 9.57. The van der Waals surface area contributed by atoms with Crippen LogP contribution < -0.4 is 10.5 Å². The van der Waals surface area contributed by atoms with Crippen LogP contribution in [0.1, 0.15) is 42.5 Å². The Bertz CT molecular complexity index is 467. The number of aryl methyl sites for hydroxylation is 2. The average Bonchev–Trinajstić information content (AvgIpc) is 2.49. The zero-order valence-electron chi connectivity index (χ0n) is 12.4. The lowest BCUT2D eigenvalue weighted by Gasteiger charge is -2.30. The van der Waals surface area contributed by atoms with Crippen LogP contribution in [0.15, 0.2) is 6.07 Å². The molecule has 1 aliphatic heterocycles. The number of ether oxygens (including phenoxy) is 1. The van der Waals surface area contributed by atoms with Crippen LogP contribution in [0.2, 0.25) is 0 Å². The van der Waals surface area contributed by atoms with Crippen molar-refractivity contribution >= 4 is 0 Å². The topological polar surface area (TPSA) is 51.4 Å². The molecule has 0 aromatic carbocycles. The maximum absolute atomic E-state index is 6.17. The van der Waals surface area contributed by atoms with Crippen molar-refractivity contribution in [2.24, 2.45) is 5.73 Å². The second-order valence-corrected chi connectivity index (χ2v) is 6.09. The van der Waals surface area contributed by atoms with E-state index in [1.54, 1.807) is 0 Å². The number of likely N-dealkylation sites (tertiary alicyclic amines) is 1. The van der Waals surface area contributed by atoms with Crippen molar-refractivity contribution in [2.75, 3.05) is 20.1 Å². The minimum Gasteiger partial charge on any atom is -0.474 e. The molecule has 0 bridgehead atoms. The molecule has 0 spiro atoms. The lowest BCUT2D eigenvalue weighted by Crippen LogP contribution is -2.36. The van der Waals surface area contributed by atoms with E-state index < -0.39 is 0 Å². The van der Waals surface area contributed by atoms with Gasteiger partial charge in [-0.2, -0.15) is 0 Å². The van der Waals surface area contributed by atoms with Crippen LogP contribution >= 0.6 is 0 Å². The Morgan fingerprint density at radius 3 is 2.80 bits per heavy atom. The van der Waals surface area contributed by atoms with Crippen LogP contribution in [0.25, 0.3) is 0 Å². The molecule has 110 valence electrons. The van der Waals surface area contributed by atoms with Crippen LogP contribution in [0, 0.1) is 0 Å². The second kappa shape index (κ2) is 6.10. The Morgan fingerprint density at radius 2 is 2.05 bits per heavy atom. The Labute approximate surface area is 121 Å². The van der Waals surface area contributed by atoms with E-state index in [0.717, 1.165) is 50.2 Å². The Balaban J connectivity index is 1.77. The van der Waals surface area contributed by atoms with Crippen molar-refractivity contribution in [3.8, 4) is 5.88 Å². The number of piperidine rings is 1. The summed E-state index contributed by atoms with van der Waals surface area (Å²) >= 11 is 0. The van der Waals surface area contributed by atoms with Crippen molar-refractivity contribution in [1.82, 2.24) is 9.88 Å². The normalized spacial score (nSPS) is 20.7. The molecule has 0 atom stereocenters. The first kappa shape index (κ1) is 13.8. The van der Waals surface area contributed by atoms with Crippen LogP contribution in [0.3, 0.4) is 0 Å². The third-order valence-electron chi connectivity index (χ3n) is 4.50. The quantitative estimate of drug-likeness (QED) is 0.915. The lowest BCUT2D eigenvalue weighted by atomic mass is 9.95. The summed E-state index contributed by atoms with van der Waals surface area (Å²) < 4.78 is 6.17. The number of hydrogen-bond acceptors (Lipinski definition) is 4. The van der Waals surface area contributed by atoms with Crippen molar-refractivity contribution in [1.29, 1.82) is 0 Å². The van der Waals surface area contributed by atoms with Crippen LogP contribution in [-0.4, -0.2) is 36.1 Å². The molecule has 20 heavy (non-hydrogen) atoms. The molecule has 2 aliphatic rings. The van der Waals surface area contributed by atoms with Crippen molar-refractivity contribution in [3.63, 3.8) is 0 Å². The van der Waals surface area contributed by atoms with E-state index in [2.05, 4.69) is 18.0 Å². The zero-order chi connectivity index (χ0) is 13.9. The SMILES string of the molecule is CN1CCC(Oc2nc3c(cc2CN)CCCC3)CC1. The van der Waals surface area contributed by atoms with E-state index in [1.807, 2.05) is 0 Å². The smallest absolute Gasteiger partial charge is 0.218 e. The molecule has 1 saturated heterocycles. The Morgan fingerprint density at radius 1 is 1.30 bits per heavy atom. The summed E-state index contributed by atoms with van der Waals surface area (Å²) in [4.78, 5) is 7.13. The average molecular weight is 275 g/mol. The van der Waals surface area contributed by atoms with Gasteiger partial charge < -0.3 is 15.4 Å². The van der Waals surface area contributed by atoms with Gasteiger partial charge in [0.25, 0.3) is 0 Å². The van der Waals surface area contributed by atoms with Gasteiger partial charge in [0.05, 0.1) is 0 Å². The van der Waals surface area contributed by atoms with Crippen molar-refractivity contribution < 1.29 is 4.74 Å². The van der Waals surface area contributed by atoms with Crippen LogP contribution in [-0.2, 0) is 19.4 Å². The molecular weight excluding hydrogens is 250 g/mol. The molecule has 0 unspecified atom stereocenters. The monoisotopic (exact) mass is 275 g/mol. The van der Waals surface area contributed by atoms with Gasteiger partial charge >= 0.3 is 0 Å². The molecule has 4 heteroatoms. The van der Waals surface area contributed by atoms with Crippen LogP contribution in [0.5, 0.6) is 5.88 Å². The number of rotatable bonds is 3. The molecule has 2 heterocycles. The molecule has 1 aliphatic carbocycles. The molecule has 2 N–H and O–H groups in total. The number of nitrogens with two attached hydrogens (primary N) is 1. The largest absolute Gasteiger partial charge is 0.474 e. The number of nitrogens with zero attached hydrogens (tertiary/aromatic N) is 2. The molecule has 1 fully saturated rings. The third-order valence-corrected chi connectivity index (χ3v) is 4.50. The number of fused-ring (bicyclic) bond motifs is 1. The maximum atomic E-state index is 6.17. The van der Waals surface area contributed by atoms with Gasteiger partial charge in [-0.3, -0.25) is 0 Å². The highest BCUT2D eigenvalue weighted by atomic mass is 16.5. The fourth-order valence-corrected chi connectivity index (χ4v) is 3.17. The Hall–Kier alpha value is -1.13. The van der Waals surface area contributed by atoms with Gasteiger partial charge in [-0.1, -0.05) is 0 Å². The summed E-state index contributed by atoms with van der Waals surface area (Å²) in [6.07, 6.45) is 7.21. The highest BCUT2D eigenvalue weighted by Crippen LogP contribution is 2.27. The number of pyridine rings is 1. The molecule has 4 nitrogen and oxygen atoms in total. The first-order valence-corrected chi connectivity index (χ1v) is 7.83.